The van der Waals surface area contributed by atoms with E-state index in [-0.39, 0.29) is 6.61 Å². The van der Waals surface area contributed by atoms with Crippen molar-refractivity contribution >= 4 is 6.29 Å². The number of ether oxygens (including phenoxy) is 1. The molecule has 0 heterocycles. The molecule has 0 aliphatic heterocycles. The first kappa shape index (κ1) is 9.63. The summed E-state index contributed by atoms with van der Waals surface area (Å²) in [7, 11) is 0. The Hall–Kier alpha value is -0.370. The van der Waals surface area contributed by atoms with Crippen molar-refractivity contribution in [1.29, 1.82) is 0 Å². The molecule has 0 aliphatic carbocycles. The average molecular weight is 144 g/mol. The van der Waals surface area contributed by atoms with Crippen molar-refractivity contribution in [2.75, 3.05) is 13.2 Å². The van der Waals surface area contributed by atoms with Crippen molar-refractivity contribution in [3.8, 4) is 0 Å². The number of hydrogen-bond acceptors (Lipinski definition) is 2. The topological polar surface area (TPSA) is 26.3 Å². The van der Waals surface area contributed by atoms with Gasteiger partial charge in [0.05, 0.1) is 0 Å². The molecule has 0 spiro atoms. The summed E-state index contributed by atoms with van der Waals surface area (Å²) in [5.74, 6) is 0.714. The van der Waals surface area contributed by atoms with Gasteiger partial charge in [-0.25, -0.2) is 0 Å². The van der Waals surface area contributed by atoms with Crippen LogP contribution >= 0.6 is 0 Å². The van der Waals surface area contributed by atoms with Crippen molar-refractivity contribution in [2.24, 2.45) is 5.92 Å². The summed E-state index contributed by atoms with van der Waals surface area (Å²) in [4.78, 5) is 9.79. The zero-order chi connectivity index (χ0) is 7.82. The first-order chi connectivity index (χ1) is 4.81. The Labute approximate surface area is 62.6 Å². The molecule has 2 nitrogen and oxygen atoms in total. The fraction of sp³-hybridized carbons (Fsp3) is 0.875. The molecule has 1 unspecified atom stereocenters. The molecule has 0 rings (SSSR count). The number of rotatable bonds is 6. The minimum Gasteiger partial charge on any atom is -0.374 e. The number of hydrogen-bond donors (Lipinski definition) is 0. The zero-order valence-corrected chi connectivity index (χ0v) is 6.80. The largest absolute Gasteiger partial charge is 0.374 e. The molecule has 0 aromatic carbocycles. The summed E-state index contributed by atoms with van der Waals surface area (Å²) in [6, 6.07) is 0. The standard InChI is InChI=1S/C8H16O2/c1-3-8(2)4-6-10-7-5-9/h5,8H,3-4,6-7H2,1-2H3. The summed E-state index contributed by atoms with van der Waals surface area (Å²) in [5, 5.41) is 0. The maximum absolute atomic E-state index is 9.79. The quantitative estimate of drug-likeness (QED) is 0.418. The molecule has 0 aromatic heterocycles. The van der Waals surface area contributed by atoms with Gasteiger partial charge >= 0.3 is 0 Å². The molecular formula is C8H16O2. The Morgan fingerprint density at radius 2 is 2.30 bits per heavy atom. The van der Waals surface area contributed by atoms with E-state index < -0.39 is 0 Å². The molecule has 0 aromatic rings. The van der Waals surface area contributed by atoms with E-state index in [1.165, 1.54) is 6.42 Å². The van der Waals surface area contributed by atoms with Crippen LogP contribution in [0.3, 0.4) is 0 Å². The van der Waals surface area contributed by atoms with E-state index in [0.717, 1.165) is 12.7 Å². The van der Waals surface area contributed by atoms with Crippen LogP contribution in [0.4, 0.5) is 0 Å². The third-order valence-electron chi connectivity index (χ3n) is 1.64. The highest BCUT2D eigenvalue weighted by Gasteiger charge is 1.96. The fourth-order valence-corrected chi connectivity index (χ4v) is 0.620. The van der Waals surface area contributed by atoms with Crippen LogP contribution in [0.1, 0.15) is 26.7 Å². The Kier molecular flexibility index (Phi) is 6.50. The van der Waals surface area contributed by atoms with Crippen molar-refractivity contribution in [2.45, 2.75) is 26.7 Å². The molecular weight excluding hydrogens is 128 g/mol. The summed E-state index contributed by atoms with van der Waals surface area (Å²) in [6.07, 6.45) is 3.03. The first-order valence-electron chi connectivity index (χ1n) is 3.82. The van der Waals surface area contributed by atoms with Crippen LogP contribution in [0.5, 0.6) is 0 Å². The minimum atomic E-state index is 0.246. The van der Waals surface area contributed by atoms with Gasteiger partial charge in [0.25, 0.3) is 0 Å². The molecule has 0 bridgehead atoms. The van der Waals surface area contributed by atoms with E-state index in [9.17, 15) is 4.79 Å². The lowest BCUT2D eigenvalue weighted by Gasteiger charge is -2.06. The van der Waals surface area contributed by atoms with Gasteiger partial charge in [0.1, 0.15) is 12.9 Å². The van der Waals surface area contributed by atoms with E-state index in [1.54, 1.807) is 0 Å². The SMILES string of the molecule is CCC(C)CCOCC=O. The van der Waals surface area contributed by atoms with Crippen molar-refractivity contribution in [1.82, 2.24) is 0 Å². The Bertz CT molecular complexity index is 81.3. The van der Waals surface area contributed by atoms with E-state index in [2.05, 4.69) is 13.8 Å². The highest BCUT2D eigenvalue weighted by atomic mass is 16.5. The third kappa shape index (κ3) is 5.76. The van der Waals surface area contributed by atoms with Crippen LogP contribution in [0.25, 0.3) is 0 Å². The molecule has 0 fully saturated rings. The monoisotopic (exact) mass is 144 g/mol. The van der Waals surface area contributed by atoms with Gasteiger partial charge < -0.3 is 9.53 Å². The summed E-state index contributed by atoms with van der Waals surface area (Å²) in [5.41, 5.74) is 0. The molecule has 2 heteroatoms. The van der Waals surface area contributed by atoms with Gasteiger partial charge in [-0.2, -0.15) is 0 Å². The van der Waals surface area contributed by atoms with Gasteiger partial charge in [-0.1, -0.05) is 20.3 Å². The summed E-state index contributed by atoms with van der Waals surface area (Å²) >= 11 is 0. The highest BCUT2D eigenvalue weighted by molar-refractivity contribution is 5.50. The predicted octanol–water partition coefficient (Wildman–Crippen LogP) is 1.64. The Morgan fingerprint density at radius 3 is 2.80 bits per heavy atom. The second-order valence-electron chi connectivity index (χ2n) is 2.54. The fourth-order valence-electron chi connectivity index (χ4n) is 0.620. The highest BCUT2D eigenvalue weighted by Crippen LogP contribution is 2.05. The lowest BCUT2D eigenvalue weighted by atomic mass is 10.1. The lowest BCUT2D eigenvalue weighted by Crippen LogP contribution is -2.02. The van der Waals surface area contributed by atoms with E-state index >= 15 is 0 Å². The molecule has 0 saturated heterocycles. The van der Waals surface area contributed by atoms with Crippen LogP contribution in [-0.4, -0.2) is 19.5 Å². The summed E-state index contributed by atoms with van der Waals surface area (Å²) < 4.78 is 4.99. The van der Waals surface area contributed by atoms with Crippen molar-refractivity contribution < 1.29 is 9.53 Å². The van der Waals surface area contributed by atoms with E-state index in [1.807, 2.05) is 0 Å². The van der Waals surface area contributed by atoms with Gasteiger partial charge in [-0.3, -0.25) is 0 Å². The van der Waals surface area contributed by atoms with Crippen LogP contribution < -0.4 is 0 Å². The lowest BCUT2D eigenvalue weighted by molar-refractivity contribution is -0.111. The van der Waals surface area contributed by atoms with Crippen LogP contribution in [0.15, 0.2) is 0 Å². The molecule has 0 aliphatic rings. The molecule has 0 N–H and O–H groups in total. The maximum atomic E-state index is 9.79. The molecule has 0 saturated carbocycles. The normalized spacial score (nSPS) is 13.0. The van der Waals surface area contributed by atoms with Gasteiger partial charge in [0.2, 0.25) is 0 Å². The Balaban J connectivity index is 2.95. The number of carbonyl (C=O) groups excluding carboxylic acids is 1. The minimum absolute atomic E-state index is 0.246. The van der Waals surface area contributed by atoms with Crippen molar-refractivity contribution in [3.05, 3.63) is 0 Å². The Morgan fingerprint density at radius 1 is 1.60 bits per heavy atom. The van der Waals surface area contributed by atoms with E-state index in [0.29, 0.717) is 12.5 Å². The predicted molar refractivity (Wildman–Crippen MR) is 41.0 cm³/mol. The van der Waals surface area contributed by atoms with Gasteiger partial charge in [0, 0.05) is 6.61 Å². The molecule has 10 heavy (non-hydrogen) atoms. The van der Waals surface area contributed by atoms with Gasteiger partial charge in [-0.15, -0.1) is 0 Å². The molecule has 1 atom stereocenters. The van der Waals surface area contributed by atoms with Crippen LogP contribution in [-0.2, 0) is 9.53 Å². The molecule has 60 valence electrons. The van der Waals surface area contributed by atoms with Gasteiger partial charge in [0.15, 0.2) is 0 Å². The first-order valence-corrected chi connectivity index (χ1v) is 3.82. The second kappa shape index (κ2) is 6.75. The van der Waals surface area contributed by atoms with E-state index in [4.69, 9.17) is 4.74 Å². The third-order valence-corrected chi connectivity index (χ3v) is 1.64. The smallest absolute Gasteiger partial charge is 0.145 e. The van der Waals surface area contributed by atoms with Gasteiger partial charge in [-0.05, 0) is 12.3 Å². The number of carbonyl (C=O) groups is 1. The second-order valence-corrected chi connectivity index (χ2v) is 2.54. The van der Waals surface area contributed by atoms with Crippen molar-refractivity contribution in [3.63, 3.8) is 0 Å². The molecule has 0 radical (unpaired) electrons. The molecule has 0 amide bonds. The zero-order valence-electron chi connectivity index (χ0n) is 6.80. The maximum Gasteiger partial charge on any atom is 0.145 e. The average Bonchev–Trinajstić information content (AvgIpc) is 1.98. The van der Waals surface area contributed by atoms with Crippen LogP contribution in [0, 0.1) is 5.92 Å². The summed E-state index contributed by atoms with van der Waals surface area (Å²) in [6.45, 7) is 5.30. The van der Waals surface area contributed by atoms with Crippen LogP contribution in [0.2, 0.25) is 0 Å². The number of aldehydes is 1.